The van der Waals surface area contributed by atoms with Crippen LogP contribution in [-0.4, -0.2) is 60.5 Å². The second-order valence-electron chi connectivity index (χ2n) is 15.1. The molecule has 0 saturated carbocycles. The van der Waals surface area contributed by atoms with Crippen LogP contribution >= 0.6 is 7.82 Å². The van der Waals surface area contributed by atoms with Crippen molar-refractivity contribution in [1.29, 1.82) is 0 Å². The van der Waals surface area contributed by atoms with Crippen LogP contribution in [0.4, 0.5) is 0 Å². The number of hydrogen-bond donors (Lipinski definition) is 3. The first-order valence-electron chi connectivity index (χ1n) is 22.9. The summed E-state index contributed by atoms with van der Waals surface area (Å²) >= 11 is 0. The van der Waals surface area contributed by atoms with E-state index in [1.54, 1.807) is 12.2 Å². The molecule has 0 aromatic carbocycles. The third-order valence-corrected chi connectivity index (χ3v) is 10.4. The number of carbonyl (C=O) groups excluding carboxylic acids is 2. The smallest absolute Gasteiger partial charge is 0.462 e. The Labute approximate surface area is 353 Å². The van der Waals surface area contributed by atoms with E-state index in [9.17, 15) is 24.2 Å². The molecule has 0 aromatic heterocycles. The van der Waals surface area contributed by atoms with Gasteiger partial charge in [-0.05, 0) is 70.6 Å². The maximum absolute atomic E-state index is 12.6. The average molecular weight is 838 g/mol. The molecule has 0 rings (SSSR count). The molecule has 336 valence electrons. The SMILES string of the molecule is CCCCC/C=C\C/C=C\CC(O)/C=C\C=C\CCCC(=O)OC[C@H](COP(=O)(O)OCCN)OC(=O)CCCCCCCCCCC/C=C\CCCCCCCC. The van der Waals surface area contributed by atoms with Crippen LogP contribution in [0.25, 0.3) is 0 Å². The lowest BCUT2D eigenvalue weighted by molar-refractivity contribution is -0.161. The summed E-state index contributed by atoms with van der Waals surface area (Å²) in [6, 6.07) is 0. The van der Waals surface area contributed by atoms with Gasteiger partial charge in [0, 0.05) is 19.4 Å². The van der Waals surface area contributed by atoms with Gasteiger partial charge in [0.2, 0.25) is 0 Å². The number of phosphoric ester groups is 1. The number of aliphatic hydroxyl groups is 1. The summed E-state index contributed by atoms with van der Waals surface area (Å²) in [5.41, 5.74) is 5.34. The third kappa shape index (κ3) is 41.8. The normalized spacial score (nSPS) is 14.4. The van der Waals surface area contributed by atoms with E-state index >= 15 is 0 Å². The molecule has 4 N–H and O–H groups in total. The molecule has 3 atom stereocenters. The minimum Gasteiger partial charge on any atom is -0.462 e. The number of aliphatic hydroxyl groups excluding tert-OH is 1. The topological polar surface area (TPSA) is 155 Å². The third-order valence-electron chi connectivity index (χ3n) is 9.46. The van der Waals surface area contributed by atoms with Crippen molar-refractivity contribution >= 4 is 19.8 Å². The van der Waals surface area contributed by atoms with Crippen LogP contribution < -0.4 is 5.73 Å². The standard InChI is InChI=1S/C47H84NO9P/c1-3-5-7-9-11-13-14-15-16-17-18-19-20-21-22-24-26-30-35-39-47(51)57-45(43-56-58(52,53)55-41-40-48)42-54-46(50)38-34-31-27-29-33-37-44(49)36-32-28-25-23-12-10-8-6-4-2/h12,15-16,23,27-29,32-33,37,44-45,49H,3-11,13-14,17-22,24-26,30-31,34-36,38-43,48H2,1-2H3,(H,52,53)/b16-15-,23-12-,29-27+,32-28-,37-33-/t44?,45-/m1/s1. The monoisotopic (exact) mass is 838 g/mol. The van der Waals surface area contributed by atoms with Crippen LogP contribution in [0.15, 0.2) is 60.8 Å². The van der Waals surface area contributed by atoms with Crippen molar-refractivity contribution in [2.45, 2.75) is 199 Å². The van der Waals surface area contributed by atoms with E-state index in [1.807, 2.05) is 18.2 Å². The van der Waals surface area contributed by atoms with Crippen LogP contribution in [0, 0.1) is 0 Å². The summed E-state index contributed by atoms with van der Waals surface area (Å²) < 4.78 is 32.7. The Balaban J connectivity index is 4.29. The molecule has 0 fully saturated rings. The van der Waals surface area contributed by atoms with Crippen molar-refractivity contribution in [2.24, 2.45) is 5.73 Å². The number of ether oxygens (including phenoxy) is 2. The summed E-state index contributed by atoms with van der Waals surface area (Å²) in [4.78, 5) is 34.9. The van der Waals surface area contributed by atoms with Crippen LogP contribution in [-0.2, 0) is 32.7 Å². The zero-order valence-electron chi connectivity index (χ0n) is 36.6. The van der Waals surface area contributed by atoms with E-state index in [-0.39, 0.29) is 32.6 Å². The van der Waals surface area contributed by atoms with Crippen LogP contribution in [0.3, 0.4) is 0 Å². The van der Waals surface area contributed by atoms with E-state index in [0.29, 0.717) is 25.7 Å². The lowest BCUT2D eigenvalue weighted by Crippen LogP contribution is -2.29. The fourth-order valence-electron chi connectivity index (χ4n) is 6.00. The van der Waals surface area contributed by atoms with E-state index in [1.165, 1.54) is 103 Å². The Kier molecular flexibility index (Phi) is 41.1. The van der Waals surface area contributed by atoms with Crippen molar-refractivity contribution in [2.75, 3.05) is 26.4 Å². The molecule has 2 unspecified atom stereocenters. The second kappa shape index (κ2) is 42.8. The van der Waals surface area contributed by atoms with E-state index in [4.69, 9.17) is 24.3 Å². The lowest BCUT2D eigenvalue weighted by atomic mass is 10.1. The summed E-state index contributed by atoms with van der Waals surface area (Å²) in [6.07, 6.45) is 47.1. The Morgan fingerprint density at radius 2 is 1.12 bits per heavy atom. The lowest BCUT2D eigenvalue weighted by Gasteiger charge is -2.19. The highest BCUT2D eigenvalue weighted by molar-refractivity contribution is 7.47. The Morgan fingerprint density at radius 1 is 0.603 bits per heavy atom. The molecular formula is C47H84NO9P. The number of phosphoric acid groups is 1. The molecule has 0 radical (unpaired) electrons. The number of esters is 2. The first-order chi connectivity index (χ1) is 28.2. The number of allylic oxidation sites excluding steroid dienone is 8. The molecule has 11 heteroatoms. The molecule has 0 aliphatic rings. The molecule has 0 spiro atoms. The summed E-state index contributed by atoms with van der Waals surface area (Å²) in [6.45, 7) is 3.53. The minimum atomic E-state index is -4.41. The quantitative estimate of drug-likeness (QED) is 0.0178. The highest BCUT2D eigenvalue weighted by atomic mass is 31.2. The van der Waals surface area contributed by atoms with Gasteiger partial charge >= 0.3 is 19.8 Å². The van der Waals surface area contributed by atoms with Crippen molar-refractivity contribution in [3.63, 3.8) is 0 Å². The molecule has 0 saturated heterocycles. The molecule has 0 aromatic rings. The Hall–Kier alpha value is -2.33. The summed E-state index contributed by atoms with van der Waals surface area (Å²) in [5.74, 6) is -0.962. The van der Waals surface area contributed by atoms with Crippen LogP contribution in [0.1, 0.15) is 187 Å². The largest absolute Gasteiger partial charge is 0.472 e. The van der Waals surface area contributed by atoms with Gasteiger partial charge in [-0.25, -0.2) is 4.57 Å². The molecule has 0 aliphatic heterocycles. The molecule has 0 aliphatic carbocycles. The summed E-state index contributed by atoms with van der Waals surface area (Å²) in [7, 11) is -4.41. The summed E-state index contributed by atoms with van der Waals surface area (Å²) in [5, 5.41) is 10.1. The number of nitrogens with two attached hydrogens (primary N) is 1. The molecule has 0 heterocycles. The van der Waals surface area contributed by atoms with Gasteiger partial charge in [0.25, 0.3) is 0 Å². The molecule has 0 bridgehead atoms. The zero-order chi connectivity index (χ0) is 42.6. The maximum Gasteiger partial charge on any atom is 0.472 e. The van der Waals surface area contributed by atoms with Gasteiger partial charge in [-0.3, -0.25) is 18.6 Å². The predicted octanol–water partition coefficient (Wildman–Crippen LogP) is 12.2. The highest BCUT2D eigenvalue weighted by Gasteiger charge is 2.26. The van der Waals surface area contributed by atoms with Gasteiger partial charge in [-0.1, -0.05) is 164 Å². The van der Waals surface area contributed by atoms with Crippen molar-refractivity contribution in [3.8, 4) is 0 Å². The number of hydrogen-bond acceptors (Lipinski definition) is 9. The van der Waals surface area contributed by atoms with Gasteiger partial charge in [0.15, 0.2) is 6.10 Å². The minimum absolute atomic E-state index is 0.0315. The maximum atomic E-state index is 12.6. The zero-order valence-corrected chi connectivity index (χ0v) is 37.5. The van der Waals surface area contributed by atoms with E-state index in [0.717, 1.165) is 32.1 Å². The van der Waals surface area contributed by atoms with Crippen molar-refractivity contribution in [3.05, 3.63) is 60.8 Å². The van der Waals surface area contributed by atoms with Gasteiger partial charge < -0.3 is 25.2 Å². The van der Waals surface area contributed by atoms with E-state index in [2.05, 4.69) is 44.2 Å². The predicted molar refractivity (Wildman–Crippen MR) is 239 cm³/mol. The first kappa shape index (κ1) is 55.7. The second-order valence-corrected chi connectivity index (χ2v) is 16.6. The molecular weight excluding hydrogens is 753 g/mol. The van der Waals surface area contributed by atoms with Crippen LogP contribution in [0.5, 0.6) is 0 Å². The highest BCUT2D eigenvalue weighted by Crippen LogP contribution is 2.43. The van der Waals surface area contributed by atoms with Crippen molar-refractivity contribution < 1.29 is 42.7 Å². The van der Waals surface area contributed by atoms with Gasteiger partial charge in [-0.15, -0.1) is 0 Å². The Morgan fingerprint density at radius 3 is 1.76 bits per heavy atom. The molecule has 58 heavy (non-hydrogen) atoms. The van der Waals surface area contributed by atoms with Gasteiger partial charge in [0.1, 0.15) is 6.61 Å². The van der Waals surface area contributed by atoms with Crippen LogP contribution in [0.2, 0.25) is 0 Å². The number of rotatable bonds is 42. The average Bonchev–Trinajstić information content (AvgIpc) is 3.21. The Bertz CT molecular complexity index is 1150. The number of unbranched alkanes of at least 4 members (excludes halogenated alkanes) is 19. The fourth-order valence-corrected chi connectivity index (χ4v) is 6.76. The number of carbonyl (C=O) groups is 2. The first-order valence-corrected chi connectivity index (χ1v) is 24.4. The van der Waals surface area contributed by atoms with Gasteiger partial charge in [-0.2, -0.15) is 0 Å². The molecule has 0 amide bonds. The fraction of sp³-hybridized carbons (Fsp3) is 0.745. The van der Waals surface area contributed by atoms with Gasteiger partial charge in [0.05, 0.1) is 19.3 Å². The van der Waals surface area contributed by atoms with Crippen molar-refractivity contribution in [1.82, 2.24) is 0 Å². The molecule has 10 nitrogen and oxygen atoms in total. The van der Waals surface area contributed by atoms with E-state index < -0.39 is 38.6 Å².